The number of hydrogen-bond donors (Lipinski definition) is 2. The largest absolute Gasteiger partial charge is 0.445 e. The Labute approximate surface area is 314 Å². The van der Waals surface area contributed by atoms with Crippen LogP contribution < -0.4 is 10.6 Å². The first kappa shape index (κ1) is 37.8. The normalized spacial score (nSPS) is 19.4. The number of amides is 4. The summed E-state index contributed by atoms with van der Waals surface area (Å²) in [6.45, 7) is 0.753. The minimum atomic E-state index is -0.730. The first-order valence-corrected chi connectivity index (χ1v) is 17.8. The van der Waals surface area contributed by atoms with E-state index < -0.39 is 24.3 Å². The van der Waals surface area contributed by atoms with Gasteiger partial charge in [0, 0.05) is 38.4 Å². The van der Waals surface area contributed by atoms with Crippen molar-refractivity contribution in [2.75, 3.05) is 37.9 Å². The van der Waals surface area contributed by atoms with E-state index in [-0.39, 0.29) is 50.3 Å². The van der Waals surface area contributed by atoms with E-state index in [1.54, 1.807) is 38.5 Å². The van der Waals surface area contributed by atoms with Gasteiger partial charge >= 0.3 is 12.2 Å². The van der Waals surface area contributed by atoms with Crippen LogP contribution in [0.25, 0.3) is 12.2 Å². The molecule has 2 N–H and O–H groups in total. The topological polar surface area (TPSA) is 136 Å². The Morgan fingerprint density at radius 1 is 0.574 bits per heavy atom. The van der Waals surface area contributed by atoms with Crippen LogP contribution in [0.1, 0.15) is 35.1 Å². The molecule has 4 amide bonds. The Morgan fingerprint density at radius 3 is 1.30 bits per heavy atom. The van der Waals surface area contributed by atoms with Crippen LogP contribution in [0.5, 0.6) is 0 Å². The molecule has 12 nitrogen and oxygen atoms in total. The molecule has 4 atom stereocenters. The molecule has 54 heavy (non-hydrogen) atoms. The number of anilines is 2. The molecule has 4 aromatic carbocycles. The predicted octanol–water partition coefficient (Wildman–Crippen LogP) is 6.59. The van der Waals surface area contributed by atoms with Gasteiger partial charge in [0.2, 0.25) is 11.8 Å². The lowest BCUT2D eigenvalue weighted by atomic mass is 10.1. The summed E-state index contributed by atoms with van der Waals surface area (Å²) >= 11 is 0. The highest BCUT2D eigenvalue weighted by atomic mass is 16.6. The zero-order valence-electron chi connectivity index (χ0n) is 30.3. The summed E-state index contributed by atoms with van der Waals surface area (Å²) in [5, 5.41) is 5.84. The summed E-state index contributed by atoms with van der Waals surface area (Å²) in [5.74, 6) is -0.632. The first-order valence-electron chi connectivity index (χ1n) is 17.8. The number of rotatable bonds is 12. The number of hydrogen-bond acceptors (Lipinski definition) is 8. The summed E-state index contributed by atoms with van der Waals surface area (Å²) in [6, 6.07) is 32.0. The third kappa shape index (κ3) is 9.91. The molecule has 2 aliphatic heterocycles. The maximum atomic E-state index is 13.3. The van der Waals surface area contributed by atoms with E-state index in [4.69, 9.17) is 18.9 Å². The van der Waals surface area contributed by atoms with Crippen LogP contribution in [0.2, 0.25) is 0 Å². The van der Waals surface area contributed by atoms with Crippen LogP contribution in [0.3, 0.4) is 0 Å². The molecule has 6 rings (SSSR count). The van der Waals surface area contributed by atoms with Gasteiger partial charge < -0.3 is 29.6 Å². The molecule has 0 aromatic heterocycles. The summed E-state index contributed by atoms with van der Waals surface area (Å²) in [4.78, 5) is 55.3. The average molecular weight is 733 g/mol. The zero-order chi connectivity index (χ0) is 37.9. The zero-order valence-corrected chi connectivity index (χ0v) is 30.3. The molecule has 0 aliphatic carbocycles. The Balaban J connectivity index is 0.996. The van der Waals surface area contributed by atoms with Crippen LogP contribution in [0, 0.1) is 0 Å². The van der Waals surface area contributed by atoms with Crippen LogP contribution in [0.4, 0.5) is 21.0 Å². The number of nitrogens with one attached hydrogen (secondary N) is 2. The number of carbonyl (C=O) groups excluding carboxylic acids is 4. The molecular weight excluding hydrogens is 688 g/mol. The second kappa shape index (κ2) is 18.2. The average Bonchev–Trinajstić information content (AvgIpc) is 3.86. The smallest absolute Gasteiger partial charge is 0.410 e. The van der Waals surface area contributed by atoms with Crippen LogP contribution >= 0.6 is 0 Å². The minimum absolute atomic E-state index is 0.113. The number of ether oxygens (including phenoxy) is 4. The minimum Gasteiger partial charge on any atom is -0.445 e. The number of methoxy groups -OCH3 is 2. The molecule has 4 aromatic rings. The van der Waals surface area contributed by atoms with E-state index in [2.05, 4.69) is 10.6 Å². The van der Waals surface area contributed by atoms with Gasteiger partial charge in [-0.1, -0.05) is 97.1 Å². The maximum Gasteiger partial charge on any atom is 0.410 e. The monoisotopic (exact) mass is 732 g/mol. The Morgan fingerprint density at radius 2 is 0.944 bits per heavy atom. The molecule has 2 aliphatic rings. The molecular formula is C42H44N4O8. The molecule has 280 valence electrons. The van der Waals surface area contributed by atoms with Gasteiger partial charge in [-0.3, -0.25) is 19.4 Å². The highest BCUT2D eigenvalue weighted by Gasteiger charge is 2.42. The van der Waals surface area contributed by atoms with Gasteiger partial charge in [-0.25, -0.2) is 9.59 Å². The molecule has 0 unspecified atom stereocenters. The van der Waals surface area contributed by atoms with E-state index in [1.807, 2.05) is 97.1 Å². The van der Waals surface area contributed by atoms with Crippen LogP contribution in [0.15, 0.2) is 109 Å². The van der Waals surface area contributed by atoms with E-state index in [0.29, 0.717) is 24.2 Å². The van der Waals surface area contributed by atoms with E-state index >= 15 is 0 Å². The van der Waals surface area contributed by atoms with Gasteiger partial charge in [-0.2, -0.15) is 0 Å². The molecule has 0 bridgehead atoms. The third-order valence-electron chi connectivity index (χ3n) is 9.50. The van der Waals surface area contributed by atoms with Gasteiger partial charge in [0.15, 0.2) is 0 Å². The number of likely N-dealkylation sites (tertiary alicyclic amines) is 2. The van der Waals surface area contributed by atoms with E-state index in [1.165, 1.54) is 9.80 Å². The van der Waals surface area contributed by atoms with Gasteiger partial charge in [0.1, 0.15) is 25.3 Å². The van der Waals surface area contributed by atoms with Crippen molar-refractivity contribution >= 4 is 47.5 Å². The Kier molecular flexibility index (Phi) is 12.7. The lowest BCUT2D eigenvalue weighted by Gasteiger charge is -2.23. The van der Waals surface area contributed by atoms with Crippen LogP contribution in [-0.2, 0) is 41.8 Å². The molecule has 2 saturated heterocycles. The summed E-state index contributed by atoms with van der Waals surface area (Å²) in [7, 11) is 3.13. The summed E-state index contributed by atoms with van der Waals surface area (Å²) in [6.07, 6.45) is 2.93. The molecule has 12 heteroatoms. The quantitative estimate of drug-likeness (QED) is 0.156. The van der Waals surface area contributed by atoms with Gasteiger partial charge in [-0.05, 0) is 46.5 Å². The van der Waals surface area contributed by atoms with Gasteiger partial charge in [0.25, 0.3) is 0 Å². The third-order valence-corrected chi connectivity index (χ3v) is 9.50. The lowest BCUT2D eigenvalue weighted by molar-refractivity contribution is -0.120. The van der Waals surface area contributed by atoms with Gasteiger partial charge in [0.05, 0.1) is 25.3 Å². The number of benzene rings is 4. The SMILES string of the molecule is CO[C@@H]1C[C@@H](C(=O)Nc2ccc(/C=C/c3ccc(NC(=O)[C@@H]4C[C@@H](OC)CN4C(=O)OCc4ccccc4)cc3)cc2)N(C(=O)OCc2ccccc2)C1. The fourth-order valence-corrected chi connectivity index (χ4v) is 6.44. The van der Waals surface area contributed by atoms with Crippen molar-refractivity contribution in [3.8, 4) is 0 Å². The molecule has 0 radical (unpaired) electrons. The highest BCUT2D eigenvalue weighted by molar-refractivity contribution is 5.98. The maximum absolute atomic E-state index is 13.3. The highest BCUT2D eigenvalue weighted by Crippen LogP contribution is 2.25. The second-order valence-electron chi connectivity index (χ2n) is 13.2. The van der Waals surface area contributed by atoms with Crippen molar-refractivity contribution in [3.05, 3.63) is 131 Å². The number of nitrogens with zero attached hydrogens (tertiary/aromatic N) is 2. The molecule has 0 saturated carbocycles. The predicted molar refractivity (Wildman–Crippen MR) is 204 cm³/mol. The number of carbonyl (C=O) groups is 4. The van der Waals surface area contributed by atoms with Crippen molar-refractivity contribution in [1.82, 2.24) is 9.80 Å². The standard InChI is InChI=1S/C42H44N4O8/c1-51-35-23-37(45(25-35)41(49)53-27-31-9-5-3-6-10-31)39(47)43-33-19-15-29(16-20-33)13-14-30-17-21-34(22-18-30)44-40(48)38-24-36(52-2)26-46(38)42(50)54-28-32-11-7-4-8-12-32/h3-22,35-38H,23-28H2,1-2H3,(H,43,47)(H,44,48)/b14-13+/t35-,36-,37+,38+/m1/s1. The Bertz CT molecular complexity index is 1770. The fraction of sp³-hybridized carbons (Fsp3) is 0.286. The van der Waals surface area contributed by atoms with Crippen molar-refractivity contribution in [2.45, 2.75) is 50.3 Å². The van der Waals surface area contributed by atoms with Crippen LogP contribution in [-0.4, -0.2) is 85.4 Å². The van der Waals surface area contributed by atoms with E-state index in [9.17, 15) is 19.2 Å². The fourth-order valence-electron chi connectivity index (χ4n) is 6.44. The first-order chi connectivity index (χ1) is 26.3. The van der Waals surface area contributed by atoms with Gasteiger partial charge in [-0.15, -0.1) is 0 Å². The molecule has 0 spiro atoms. The molecule has 2 fully saturated rings. The van der Waals surface area contributed by atoms with Crippen molar-refractivity contribution < 1.29 is 38.1 Å². The Hall–Kier alpha value is -5.98. The van der Waals surface area contributed by atoms with Crippen molar-refractivity contribution in [3.63, 3.8) is 0 Å². The second-order valence-corrected chi connectivity index (χ2v) is 13.2. The van der Waals surface area contributed by atoms with Crippen molar-refractivity contribution in [2.24, 2.45) is 0 Å². The van der Waals surface area contributed by atoms with Crippen molar-refractivity contribution in [1.29, 1.82) is 0 Å². The van der Waals surface area contributed by atoms with E-state index in [0.717, 1.165) is 22.3 Å². The summed E-state index contributed by atoms with van der Waals surface area (Å²) in [5.41, 5.74) is 4.72. The lowest BCUT2D eigenvalue weighted by Crippen LogP contribution is -2.43. The summed E-state index contributed by atoms with van der Waals surface area (Å²) < 4.78 is 21.9. The molecule has 2 heterocycles.